The van der Waals surface area contributed by atoms with Gasteiger partial charge in [0.2, 0.25) is 0 Å². The van der Waals surface area contributed by atoms with Gasteiger partial charge in [0.15, 0.2) is 0 Å². The second-order valence-corrected chi connectivity index (χ2v) is 6.36. The van der Waals surface area contributed by atoms with Gasteiger partial charge in [-0.05, 0) is 48.4 Å². The van der Waals surface area contributed by atoms with Crippen LogP contribution in [0, 0.1) is 5.92 Å². The summed E-state index contributed by atoms with van der Waals surface area (Å²) in [6.45, 7) is 0.404. The molecule has 0 aromatic heterocycles. The number of hydrogen-bond donors (Lipinski definition) is 2. The molecule has 0 bridgehead atoms. The second-order valence-electron chi connectivity index (χ2n) is 6.36. The Balaban J connectivity index is 1.50. The molecule has 0 amide bonds. The Bertz CT molecular complexity index is 454. The molecule has 1 aromatic rings. The molecule has 2 aliphatic rings. The summed E-state index contributed by atoms with van der Waals surface area (Å²) >= 11 is 0. The highest BCUT2D eigenvalue weighted by Crippen LogP contribution is 2.32. The van der Waals surface area contributed by atoms with Gasteiger partial charge in [0.25, 0.3) is 0 Å². The van der Waals surface area contributed by atoms with Gasteiger partial charge in [-0.2, -0.15) is 0 Å². The lowest BCUT2D eigenvalue weighted by molar-refractivity contribution is 0.0855. The van der Waals surface area contributed by atoms with Gasteiger partial charge in [0.1, 0.15) is 12.4 Å². The van der Waals surface area contributed by atoms with E-state index in [-0.39, 0.29) is 12.1 Å². The largest absolute Gasteiger partial charge is 0.491 e. The first-order valence-electron chi connectivity index (χ1n) is 7.91. The van der Waals surface area contributed by atoms with Gasteiger partial charge in [0.05, 0.1) is 6.10 Å². The quantitative estimate of drug-likeness (QED) is 0.868. The predicted molar refractivity (Wildman–Crippen MR) is 79.8 cm³/mol. The maximum Gasteiger partial charge on any atom is 0.119 e. The lowest BCUT2D eigenvalue weighted by Crippen LogP contribution is -2.20. The van der Waals surface area contributed by atoms with E-state index in [1.165, 1.54) is 36.8 Å². The zero-order chi connectivity index (χ0) is 13.9. The van der Waals surface area contributed by atoms with Crippen molar-refractivity contribution in [2.75, 3.05) is 6.61 Å². The molecule has 3 N–H and O–H groups in total. The molecule has 0 heterocycles. The van der Waals surface area contributed by atoms with Crippen LogP contribution >= 0.6 is 0 Å². The minimum atomic E-state index is -0.339. The summed E-state index contributed by atoms with van der Waals surface area (Å²) in [5.41, 5.74) is 8.59. The van der Waals surface area contributed by atoms with Gasteiger partial charge >= 0.3 is 0 Å². The fourth-order valence-electron chi connectivity index (χ4n) is 3.61. The third kappa shape index (κ3) is 3.15. The Kier molecular flexibility index (Phi) is 4.27. The third-order valence-corrected chi connectivity index (χ3v) is 4.76. The van der Waals surface area contributed by atoms with Crippen molar-refractivity contribution in [1.82, 2.24) is 0 Å². The first-order chi connectivity index (χ1) is 9.72. The summed E-state index contributed by atoms with van der Waals surface area (Å²) in [4.78, 5) is 0. The van der Waals surface area contributed by atoms with Crippen LogP contribution in [0.15, 0.2) is 18.2 Å². The molecule has 3 rings (SSSR count). The Labute approximate surface area is 121 Å². The average Bonchev–Trinajstić information content (AvgIpc) is 3.07. The number of aliphatic hydroxyl groups is 1. The fourth-order valence-corrected chi connectivity index (χ4v) is 3.61. The van der Waals surface area contributed by atoms with Crippen LogP contribution in [0.2, 0.25) is 0 Å². The van der Waals surface area contributed by atoms with E-state index in [4.69, 9.17) is 10.5 Å². The molecule has 0 radical (unpaired) electrons. The van der Waals surface area contributed by atoms with Crippen molar-refractivity contribution in [3.63, 3.8) is 0 Å². The highest BCUT2D eigenvalue weighted by Gasteiger charge is 2.21. The maximum absolute atomic E-state index is 10.1. The summed E-state index contributed by atoms with van der Waals surface area (Å²) in [7, 11) is 0. The lowest BCUT2D eigenvalue weighted by atomic mass is 10.0. The van der Waals surface area contributed by atoms with Crippen LogP contribution in [0.3, 0.4) is 0 Å². The summed E-state index contributed by atoms with van der Waals surface area (Å²) in [6.07, 6.45) is 7.81. The van der Waals surface area contributed by atoms with E-state index >= 15 is 0 Å². The summed E-state index contributed by atoms with van der Waals surface area (Å²) in [5, 5.41) is 10.1. The Hall–Kier alpha value is -1.06. The van der Waals surface area contributed by atoms with E-state index in [0.717, 1.165) is 25.0 Å². The van der Waals surface area contributed by atoms with Crippen molar-refractivity contribution >= 4 is 0 Å². The number of ether oxygens (including phenoxy) is 1. The first-order valence-corrected chi connectivity index (χ1v) is 7.91. The summed E-state index contributed by atoms with van der Waals surface area (Å²) in [6, 6.07) is 6.33. The van der Waals surface area contributed by atoms with Crippen molar-refractivity contribution in [2.45, 2.75) is 57.1 Å². The molecular formula is C17H25NO2. The number of nitrogens with two attached hydrogens (primary N) is 1. The van der Waals surface area contributed by atoms with Crippen LogP contribution < -0.4 is 10.5 Å². The zero-order valence-corrected chi connectivity index (χ0v) is 12.1. The SMILES string of the molecule is NC1CCc2cc(OCC(O)CC3CCCC3)ccc21. The molecule has 0 spiro atoms. The molecule has 0 aliphatic heterocycles. The number of rotatable bonds is 5. The average molecular weight is 275 g/mol. The van der Waals surface area contributed by atoms with Crippen LogP contribution in [0.4, 0.5) is 0 Å². The molecule has 110 valence electrons. The molecule has 2 atom stereocenters. The van der Waals surface area contributed by atoms with E-state index in [0.29, 0.717) is 12.5 Å². The van der Waals surface area contributed by atoms with Crippen LogP contribution in [-0.2, 0) is 6.42 Å². The number of hydrogen-bond acceptors (Lipinski definition) is 3. The van der Waals surface area contributed by atoms with Gasteiger partial charge < -0.3 is 15.6 Å². The van der Waals surface area contributed by atoms with E-state index in [1.807, 2.05) is 6.07 Å². The molecule has 20 heavy (non-hydrogen) atoms. The molecule has 1 fully saturated rings. The van der Waals surface area contributed by atoms with E-state index in [9.17, 15) is 5.11 Å². The smallest absolute Gasteiger partial charge is 0.119 e. The normalized spacial score (nSPS) is 23.8. The van der Waals surface area contributed by atoms with Crippen molar-refractivity contribution in [2.24, 2.45) is 11.7 Å². The van der Waals surface area contributed by atoms with Gasteiger partial charge in [0, 0.05) is 6.04 Å². The summed E-state index contributed by atoms with van der Waals surface area (Å²) in [5.74, 6) is 1.56. The standard InChI is InChI=1S/C17H25NO2/c18-17-8-5-13-10-15(6-7-16(13)17)20-11-14(19)9-12-3-1-2-4-12/h6-7,10,12,14,17,19H,1-5,8-9,11,18H2. The highest BCUT2D eigenvalue weighted by atomic mass is 16.5. The Morgan fingerprint density at radius 3 is 2.85 bits per heavy atom. The first kappa shape index (κ1) is 13.9. The van der Waals surface area contributed by atoms with E-state index in [2.05, 4.69) is 12.1 Å². The van der Waals surface area contributed by atoms with Gasteiger partial charge in [-0.3, -0.25) is 0 Å². The van der Waals surface area contributed by atoms with E-state index in [1.54, 1.807) is 0 Å². The topological polar surface area (TPSA) is 55.5 Å². The number of aliphatic hydroxyl groups excluding tert-OH is 1. The minimum Gasteiger partial charge on any atom is -0.491 e. The molecule has 1 saturated carbocycles. The zero-order valence-electron chi connectivity index (χ0n) is 12.1. The van der Waals surface area contributed by atoms with Crippen LogP contribution in [-0.4, -0.2) is 17.8 Å². The third-order valence-electron chi connectivity index (χ3n) is 4.76. The molecule has 3 heteroatoms. The van der Waals surface area contributed by atoms with Crippen molar-refractivity contribution in [3.8, 4) is 5.75 Å². The number of benzene rings is 1. The van der Waals surface area contributed by atoms with Gasteiger partial charge in [-0.25, -0.2) is 0 Å². The second kappa shape index (κ2) is 6.15. The fraction of sp³-hybridized carbons (Fsp3) is 0.647. The molecular weight excluding hydrogens is 250 g/mol. The van der Waals surface area contributed by atoms with E-state index < -0.39 is 0 Å². The van der Waals surface area contributed by atoms with Crippen LogP contribution in [0.25, 0.3) is 0 Å². The molecule has 0 saturated heterocycles. The molecule has 1 aromatic carbocycles. The Morgan fingerprint density at radius 1 is 1.25 bits per heavy atom. The monoisotopic (exact) mass is 275 g/mol. The Morgan fingerprint density at radius 2 is 2.05 bits per heavy atom. The highest BCUT2D eigenvalue weighted by molar-refractivity contribution is 5.40. The maximum atomic E-state index is 10.1. The lowest BCUT2D eigenvalue weighted by Gasteiger charge is -2.16. The van der Waals surface area contributed by atoms with Crippen molar-refractivity contribution in [3.05, 3.63) is 29.3 Å². The summed E-state index contributed by atoms with van der Waals surface area (Å²) < 4.78 is 5.75. The minimum absolute atomic E-state index is 0.187. The predicted octanol–water partition coefficient (Wildman–Crippen LogP) is 2.95. The van der Waals surface area contributed by atoms with Crippen LogP contribution in [0.5, 0.6) is 5.75 Å². The molecule has 2 unspecified atom stereocenters. The van der Waals surface area contributed by atoms with Crippen molar-refractivity contribution < 1.29 is 9.84 Å². The number of aryl methyl sites for hydroxylation is 1. The van der Waals surface area contributed by atoms with Crippen molar-refractivity contribution in [1.29, 1.82) is 0 Å². The van der Waals surface area contributed by atoms with Gasteiger partial charge in [-0.15, -0.1) is 0 Å². The van der Waals surface area contributed by atoms with Gasteiger partial charge in [-0.1, -0.05) is 31.7 Å². The molecule has 3 nitrogen and oxygen atoms in total. The molecule has 2 aliphatic carbocycles. The van der Waals surface area contributed by atoms with Crippen LogP contribution in [0.1, 0.15) is 55.7 Å². The number of fused-ring (bicyclic) bond motifs is 1.